The largest absolute Gasteiger partial charge is 0.489 e. The maximum absolute atomic E-state index is 12.4. The Balaban J connectivity index is 1.63. The molecular weight excluding hydrogens is 392 g/mol. The van der Waals surface area contributed by atoms with Crippen LogP contribution >= 0.6 is 0 Å². The highest BCUT2D eigenvalue weighted by molar-refractivity contribution is 6.01. The van der Waals surface area contributed by atoms with Gasteiger partial charge in [0.25, 0.3) is 5.91 Å². The molecule has 0 aliphatic heterocycles. The van der Waals surface area contributed by atoms with Crippen LogP contribution in [0, 0.1) is 0 Å². The SMILES string of the molecule is CCOC(=O)/C(=C\Nc1ccc(OCc2ccccc2)cc1)NC(=O)c1ccccc1. The summed E-state index contributed by atoms with van der Waals surface area (Å²) in [5.41, 5.74) is 2.27. The first-order chi connectivity index (χ1) is 15.2. The van der Waals surface area contributed by atoms with Gasteiger partial charge in [0, 0.05) is 17.5 Å². The topological polar surface area (TPSA) is 76.7 Å². The van der Waals surface area contributed by atoms with Crippen molar-refractivity contribution in [3.05, 3.63) is 108 Å². The van der Waals surface area contributed by atoms with E-state index in [9.17, 15) is 9.59 Å². The number of benzene rings is 3. The Kier molecular flexibility index (Phi) is 7.83. The highest BCUT2D eigenvalue weighted by atomic mass is 16.5. The number of carbonyl (C=O) groups excluding carboxylic acids is 2. The number of hydrogen-bond acceptors (Lipinski definition) is 5. The summed E-state index contributed by atoms with van der Waals surface area (Å²) in [7, 11) is 0. The summed E-state index contributed by atoms with van der Waals surface area (Å²) in [6, 6.07) is 25.8. The zero-order valence-corrected chi connectivity index (χ0v) is 17.2. The monoisotopic (exact) mass is 416 g/mol. The second-order valence-electron chi connectivity index (χ2n) is 6.54. The molecule has 6 heteroatoms. The van der Waals surface area contributed by atoms with E-state index in [0.29, 0.717) is 12.2 Å². The number of hydrogen-bond donors (Lipinski definition) is 2. The van der Waals surface area contributed by atoms with Crippen molar-refractivity contribution in [1.29, 1.82) is 0 Å². The van der Waals surface area contributed by atoms with Crippen LogP contribution in [0.5, 0.6) is 5.75 Å². The molecule has 0 bridgehead atoms. The van der Waals surface area contributed by atoms with Gasteiger partial charge in [-0.15, -0.1) is 0 Å². The molecule has 0 aliphatic rings. The van der Waals surface area contributed by atoms with E-state index in [-0.39, 0.29) is 12.3 Å². The molecule has 0 aliphatic carbocycles. The molecule has 0 atom stereocenters. The van der Waals surface area contributed by atoms with Gasteiger partial charge in [0.1, 0.15) is 18.1 Å². The summed E-state index contributed by atoms with van der Waals surface area (Å²) in [4.78, 5) is 24.6. The summed E-state index contributed by atoms with van der Waals surface area (Å²) in [5, 5.41) is 5.61. The minimum absolute atomic E-state index is 0.0140. The maximum Gasteiger partial charge on any atom is 0.356 e. The molecule has 6 nitrogen and oxygen atoms in total. The molecule has 2 N–H and O–H groups in total. The van der Waals surface area contributed by atoms with E-state index in [1.807, 2.05) is 60.7 Å². The minimum Gasteiger partial charge on any atom is -0.489 e. The van der Waals surface area contributed by atoms with Gasteiger partial charge in [0.2, 0.25) is 0 Å². The van der Waals surface area contributed by atoms with E-state index in [2.05, 4.69) is 10.6 Å². The van der Waals surface area contributed by atoms with Crippen molar-refractivity contribution in [1.82, 2.24) is 5.32 Å². The standard InChI is InChI=1S/C25H24N2O4/c1-2-30-25(29)23(27-24(28)20-11-7-4-8-12-20)17-26-21-13-15-22(16-14-21)31-18-19-9-5-3-6-10-19/h3-17,26H,2,18H2,1H3,(H,27,28)/b23-17+. The van der Waals surface area contributed by atoms with Gasteiger partial charge in [0.05, 0.1) is 6.61 Å². The number of amides is 1. The van der Waals surface area contributed by atoms with Crippen LogP contribution in [-0.2, 0) is 16.1 Å². The van der Waals surface area contributed by atoms with Gasteiger partial charge >= 0.3 is 5.97 Å². The van der Waals surface area contributed by atoms with Crippen LogP contribution < -0.4 is 15.4 Å². The van der Waals surface area contributed by atoms with Gasteiger partial charge in [-0.3, -0.25) is 4.79 Å². The smallest absolute Gasteiger partial charge is 0.356 e. The summed E-state index contributed by atoms with van der Waals surface area (Å²) < 4.78 is 10.8. The molecule has 31 heavy (non-hydrogen) atoms. The number of esters is 1. The van der Waals surface area contributed by atoms with Crippen molar-refractivity contribution in [3.63, 3.8) is 0 Å². The summed E-state index contributed by atoms with van der Waals surface area (Å²) >= 11 is 0. The van der Waals surface area contributed by atoms with Gasteiger partial charge < -0.3 is 20.1 Å². The highest BCUT2D eigenvalue weighted by Gasteiger charge is 2.15. The van der Waals surface area contributed by atoms with Crippen molar-refractivity contribution in [2.75, 3.05) is 11.9 Å². The molecule has 3 aromatic rings. The number of ether oxygens (including phenoxy) is 2. The van der Waals surface area contributed by atoms with Crippen molar-refractivity contribution in [3.8, 4) is 5.75 Å². The molecule has 0 unspecified atom stereocenters. The molecule has 158 valence electrons. The van der Waals surface area contributed by atoms with Crippen molar-refractivity contribution in [2.24, 2.45) is 0 Å². The zero-order valence-electron chi connectivity index (χ0n) is 17.2. The van der Waals surface area contributed by atoms with Gasteiger partial charge in [-0.05, 0) is 48.9 Å². The number of anilines is 1. The maximum atomic E-state index is 12.4. The van der Waals surface area contributed by atoms with Crippen molar-refractivity contribution < 1.29 is 19.1 Å². The summed E-state index contributed by atoms with van der Waals surface area (Å²) in [6.07, 6.45) is 1.42. The van der Waals surface area contributed by atoms with E-state index in [1.54, 1.807) is 31.2 Å². The molecule has 1 amide bonds. The third-order valence-electron chi connectivity index (χ3n) is 4.27. The van der Waals surface area contributed by atoms with Crippen LogP contribution in [0.2, 0.25) is 0 Å². The number of carbonyl (C=O) groups is 2. The van der Waals surface area contributed by atoms with Gasteiger partial charge in [-0.2, -0.15) is 0 Å². The predicted molar refractivity (Wildman–Crippen MR) is 119 cm³/mol. The predicted octanol–water partition coefficient (Wildman–Crippen LogP) is 4.51. The van der Waals surface area contributed by atoms with Crippen LogP contribution in [0.25, 0.3) is 0 Å². The van der Waals surface area contributed by atoms with E-state index < -0.39 is 11.9 Å². The lowest BCUT2D eigenvalue weighted by Crippen LogP contribution is -2.29. The Labute approximate surface area is 181 Å². The molecule has 3 rings (SSSR count). The zero-order chi connectivity index (χ0) is 21.9. The van der Waals surface area contributed by atoms with E-state index in [1.165, 1.54) is 6.20 Å². The second-order valence-corrected chi connectivity index (χ2v) is 6.54. The first kappa shape index (κ1) is 21.6. The summed E-state index contributed by atoms with van der Waals surface area (Å²) in [6.45, 7) is 2.38. The van der Waals surface area contributed by atoms with Crippen molar-refractivity contribution in [2.45, 2.75) is 13.5 Å². The van der Waals surface area contributed by atoms with E-state index in [0.717, 1.165) is 17.0 Å². The van der Waals surface area contributed by atoms with E-state index in [4.69, 9.17) is 9.47 Å². The lowest BCUT2D eigenvalue weighted by atomic mass is 10.2. The van der Waals surface area contributed by atoms with Crippen LogP contribution in [0.3, 0.4) is 0 Å². The Bertz CT molecular complexity index is 1020. The molecule has 0 aromatic heterocycles. The van der Waals surface area contributed by atoms with E-state index >= 15 is 0 Å². The van der Waals surface area contributed by atoms with Crippen LogP contribution in [0.15, 0.2) is 96.8 Å². The summed E-state index contributed by atoms with van der Waals surface area (Å²) in [5.74, 6) is -0.296. The quantitative estimate of drug-likeness (QED) is 0.396. The Morgan fingerprint density at radius 2 is 1.52 bits per heavy atom. The van der Waals surface area contributed by atoms with Gasteiger partial charge in [-0.1, -0.05) is 48.5 Å². The fourth-order valence-corrected chi connectivity index (χ4v) is 2.68. The average molecular weight is 416 g/mol. The molecular formula is C25H24N2O4. The first-order valence-corrected chi connectivity index (χ1v) is 9.92. The number of rotatable bonds is 9. The normalized spacial score (nSPS) is 10.8. The van der Waals surface area contributed by atoms with Crippen molar-refractivity contribution >= 4 is 17.6 Å². The molecule has 0 saturated heterocycles. The van der Waals surface area contributed by atoms with Crippen LogP contribution in [-0.4, -0.2) is 18.5 Å². The Hall–Kier alpha value is -4.06. The minimum atomic E-state index is -0.623. The highest BCUT2D eigenvalue weighted by Crippen LogP contribution is 2.17. The molecule has 0 radical (unpaired) electrons. The number of nitrogens with one attached hydrogen (secondary N) is 2. The van der Waals surface area contributed by atoms with Gasteiger partial charge in [0.15, 0.2) is 0 Å². The second kappa shape index (κ2) is 11.2. The third-order valence-corrected chi connectivity index (χ3v) is 4.27. The lowest BCUT2D eigenvalue weighted by molar-refractivity contribution is -0.138. The van der Waals surface area contributed by atoms with Crippen LogP contribution in [0.4, 0.5) is 5.69 Å². The Morgan fingerprint density at radius 3 is 2.16 bits per heavy atom. The lowest BCUT2D eigenvalue weighted by Gasteiger charge is -2.11. The molecule has 3 aromatic carbocycles. The first-order valence-electron chi connectivity index (χ1n) is 9.92. The molecule has 0 spiro atoms. The fraction of sp³-hybridized carbons (Fsp3) is 0.120. The Morgan fingerprint density at radius 1 is 0.871 bits per heavy atom. The third kappa shape index (κ3) is 6.75. The molecule has 0 saturated carbocycles. The van der Waals surface area contributed by atoms with Gasteiger partial charge in [-0.25, -0.2) is 4.79 Å². The van der Waals surface area contributed by atoms with Crippen LogP contribution in [0.1, 0.15) is 22.8 Å². The average Bonchev–Trinajstić information content (AvgIpc) is 2.82. The molecule has 0 fully saturated rings. The molecule has 0 heterocycles. The fourth-order valence-electron chi connectivity index (χ4n) is 2.68.